The van der Waals surface area contributed by atoms with E-state index in [1.165, 1.54) is 6.08 Å². The molecule has 1 nitrogen and oxygen atoms in total. The van der Waals surface area contributed by atoms with E-state index in [-0.39, 0.29) is 5.75 Å². The van der Waals surface area contributed by atoms with Crippen molar-refractivity contribution >= 4 is 17.7 Å². The SMILES string of the molecule is CCc1cc2c(cc1Cl)C=C[C@@H](C(F)(F)F)O2. The number of alkyl halides is 3. The maximum Gasteiger partial charge on any atom is 0.429 e. The van der Waals surface area contributed by atoms with Gasteiger partial charge < -0.3 is 4.74 Å². The summed E-state index contributed by atoms with van der Waals surface area (Å²) >= 11 is 5.98. The summed E-state index contributed by atoms with van der Waals surface area (Å²) in [5, 5.41) is 0.546. The molecule has 1 aromatic rings. The van der Waals surface area contributed by atoms with E-state index in [4.69, 9.17) is 16.3 Å². The van der Waals surface area contributed by atoms with Crippen molar-refractivity contribution in [3.05, 3.63) is 34.4 Å². The second-order valence-electron chi connectivity index (χ2n) is 3.77. The van der Waals surface area contributed by atoms with Crippen LogP contribution in [0.4, 0.5) is 13.2 Å². The topological polar surface area (TPSA) is 9.23 Å². The zero-order valence-electron chi connectivity index (χ0n) is 9.01. The Morgan fingerprint density at radius 2 is 2.06 bits per heavy atom. The molecule has 1 atom stereocenters. The van der Waals surface area contributed by atoms with Gasteiger partial charge in [-0.15, -0.1) is 0 Å². The average Bonchev–Trinajstić information content (AvgIpc) is 2.26. The van der Waals surface area contributed by atoms with Gasteiger partial charge in [0.15, 0.2) is 0 Å². The van der Waals surface area contributed by atoms with Crippen LogP contribution in [0.25, 0.3) is 6.08 Å². The Kier molecular flexibility index (Phi) is 3.08. The number of aryl methyl sites for hydroxylation is 1. The van der Waals surface area contributed by atoms with Gasteiger partial charge in [0.05, 0.1) is 0 Å². The van der Waals surface area contributed by atoms with Gasteiger partial charge in [0.1, 0.15) is 5.75 Å². The summed E-state index contributed by atoms with van der Waals surface area (Å²) in [6.45, 7) is 1.88. The van der Waals surface area contributed by atoms with Crippen molar-refractivity contribution in [2.75, 3.05) is 0 Å². The van der Waals surface area contributed by atoms with Crippen molar-refractivity contribution in [1.29, 1.82) is 0 Å². The Hall–Kier alpha value is -1.16. The van der Waals surface area contributed by atoms with Gasteiger partial charge in [-0.3, -0.25) is 0 Å². The Labute approximate surface area is 102 Å². The van der Waals surface area contributed by atoms with E-state index in [2.05, 4.69) is 0 Å². The zero-order chi connectivity index (χ0) is 12.6. The fraction of sp³-hybridized carbons (Fsp3) is 0.333. The second kappa shape index (κ2) is 4.26. The zero-order valence-corrected chi connectivity index (χ0v) is 9.77. The highest BCUT2D eigenvalue weighted by Gasteiger charge is 2.41. The van der Waals surface area contributed by atoms with Crippen LogP contribution >= 0.6 is 11.6 Å². The molecule has 0 saturated heterocycles. The minimum absolute atomic E-state index is 0.232. The molecule has 0 fully saturated rings. The molecule has 0 amide bonds. The number of hydrogen-bond donors (Lipinski definition) is 0. The van der Waals surface area contributed by atoms with Crippen LogP contribution in [0.1, 0.15) is 18.1 Å². The molecule has 0 radical (unpaired) electrons. The first kappa shape index (κ1) is 12.3. The summed E-state index contributed by atoms with van der Waals surface area (Å²) < 4.78 is 42.4. The van der Waals surface area contributed by atoms with Crippen LogP contribution in [0, 0.1) is 0 Å². The predicted octanol–water partition coefficient (Wildman–Crippen LogP) is 4.24. The number of halogens is 4. The molecule has 0 unspecified atom stereocenters. The van der Waals surface area contributed by atoms with Crippen LogP contribution in [0.3, 0.4) is 0 Å². The molecule has 1 aliphatic rings. The van der Waals surface area contributed by atoms with E-state index in [0.717, 1.165) is 11.6 Å². The highest BCUT2D eigenvalue weighted by molar-refractivity contribution is 6.31. The number of benzene rings is 1. The van der Waals surface area contributed by atoms with Crippen molar-refractivity contribution in [1.82, 2.24) is 0 Å². The van der Waals surface area contributed by atoms with Crippen LogP contribution in [0.2, 0.25) is 5.02 Å². The maximum atomic E-state index is 12.5. The van der Waals surface area contributed by atoms with Crippen molar-refractivity contribution in [3.8, 4) is 5.75 Å². The average molecular weight is 263 g/mol. The fourth-order valence-corrected chi connectivity index (χ4v) is 1.96. The molecule has 0 aromatic heterocycles. The van der Waals surface area contributed by atoms with Crippen molar-refractivity contribution in [3.63, 3.8) is 0 Å². The number of fused-ring (bicyclic) bond motifs is 1. The molecule has 1 aliphatic heterocycles. The quantitative estimate of drug-likeness (QED) is 0.736. The van der Waals surface area contributed by atoms with E-state index >= 15 is 0 Å². The Morgan fingerprint density at radius 3 is 2.65 bits per heavy atom. The lowest BCUT2D eigenvalue weighted by molar-refractivity contribution is -0.180. The van der Waals surface area contributed by atoms with Crippen molar-refractivity contribution in [2.45, 2.75) is 25.6 Å². The summed E-state index contributed by atoms with van der Waals surface area (Å²) in [5.74, 6) is 0.232. The van der Waals surface area contributed by atoms with Crippen LogP contribution in [0.15, 0.2) is 18.2 Å². The highest BCUT2D eigenvalue weighted by atomic mass is 35.5. The molecule has 2 rings (SSSR count). The van der Waals surface area contributed by atoms with Gasteiger partial charge in [-0.1, -0.05) is 24.6 Å². The summed E-state index contributed by atoms with van der Waals surface area (Å²) in [7, 11) is 0. The van der Waals surface area contributed by atoms with Crippen LogP contribution in [-0.4, -0.2) is 12.3 Å². The molecule has 92 valence electrons. The lowest BCUT2D eigenvalue weighted by atomic mass is 10.0. The lowest BCUT2D eigenvalue weighted by Crippen LogP contribution is -2.33. The maximum absolute atomic E-state index is 12.5. The number of hydrogen-bond acceptors (Lipinski definition) is 1. The fourth-order valence-electron chi connectivity index (χ4n) is 1.66. The van der Waals surface area contributed by atoms with Gasteiger partial charge in [-0.2, -0.15) is 13.2 Å². The second-order valence-corrected chi connectivity index (χ2v) is 4.18. The first-order valence-corrected chi connectivity index (χ1v) is 5.53. The molecule has 0 spiro atoms. The summed E-state index contributed by atoms with van der Waals surface area (Å²) in [6, 6.07) is 3.19. The van der Waals surface area contributed by atoms with Gasteiger partial charge in [-0.25, -0.2) is 0 Å². The van der Waals surface area contributed by atoms with Gasteiger partial charge in [-0.05, 0) is 30.2 Å². The molecule has 0 bridgehead atoms. The van der Waals surface area contributed by atoms with Crippen LogP contribution < -0.4 is 4.74 Å². The first-order valence-electron chi connectivity index (χ1n) is 5.16. The number of rotatable bonds is 1. The van der Waals surface area contributed by atoms with Crippen molar-refractivity contribution in [2.24, 2.45) is 0 Å². The minimum atomic E-state index is -4.39. The normalized spacial score (nSPS) is 18.8. The third kappa shape index (κ3) is 2.41. The predicted molar refractivity (Wildman–Crippen MR) is 60.3 cm³/mol. The summed E-state index contributed by atoms with van der Waals surface area (Å²) in [5.41, 5.74) is 1.36. The van der Waals surface area contributed by atoms with Gasteiger partial charge in [0, 0.05) is 10.6 Å². The van der Waals surface area contributed by atoms with E-state index in [9.17, 15) is 13.2 Å². The first-order chi connectivity index (χ1) is 7.91. The van der Waals surface area contributed by atoms with E-state index in [1.807, 2.05) is 6.92 Å². The molecule has 17 heavy (non-hydrogen) atoms. The van der Waals surface area contributed by atoms with E-state index in [0.29, 0.717) is 17.0 Å². The lowest BCUT2D eigenvalue weighted by Gasteiger charge is -2.24. The summed E-state index contributed by atoms with van der Waals surface area (Å²) in [4.78, 5) is 0. The van der Waals surface area contributed by atoms with E-state index < -0.39 is 12.3 Å². The minimum Gasteiger partial charge on any atom is -0.476 e. The van der Waals surface area contributed by atoms with Crippen molar-refractivity contribution < 1.29 is 17.9 Å². The molecular weight excluding hydrogens is 253 g/mol. The Bertz CT molecular complexity index is 466. The monoisotopic (exact) mass is 262 g/mol. The third-order valence-corrected chi connectivity index (χ3v) is 2.94. The molecule has 1 aromatic carbocycles. The van der Waals surface area contributed by atoms with Gasteiger partial charge >= 0.3 is 6.18 Å². The van der Waals surface area contributed by atoms with Gasteiger partial charge in [0.2, 0.25) is 6.10 Å². The smallest absolute Gasteiger partial charge is 0.429 e. The summed E-state index contributed by atoms with van der Waals surface area (Å²) in [6.07, 6.45) is -3.23. The molecule has 0 aliphatic carbocycles. The van der Waals surface area contributed by atoms with Crippen LogP contribution in [0.5, 0.6) is 5.75 Å². The molecule has 0 saturated carbocycles. The Morgan fingerprint density at radius 1 is 1.35 bits per heavy atom. The molecule has 5 heteroatoms. The molecule has 0 N–H and O–H groups in total. The standard InChI is InChI=1S/C12H10ClF3O/c1-2-7-6-10-8(5-9(7)13)3-4-11(17-10)12(14,15)16/h3-6,11H,2H2,1H3/t11-/m0/s1. The highest BCUT2D eigenvalue weighted by Crippen LogP contribution is 2.36. The van der Waals surface area contributed by atoms with E-state index in [1.54, 1.807) is 12.1 Å². The Balaban J connectivity index is 2.38. The van der Waals surface area contributed by atoms with Crippen LogP contribution in [-0.2, 0) is 6.42 Å². The van der Waals surface area contributed by atoms with Gasteiger partial charge in [0.25, 0.3) is 0 Å². The number of ether oxygens (including phenoxy) is 1. The third-order valence-electron chi connectivity index (χ3n) is 2.59. The molecule has 1 heterocycles. The largest absolute Gasteiger partial charge is 0.476 e. The molecular formula is C12H10ClF3O.